The maximum atomic E-state index is 13.2. The van der Waals surface area contributed by atoms with Gasteiger partial charge < -0.3 is 4.90 Å². The molecule has 2 aromatic heterocycles. The van der Waals surface area contributed by atoms with Crippen LogP contribution in [0.15, 0.2) is 24.3 Å². The van der Waals surface area contributed by atoms with Crippen molar-refractivity contribution in [3.63, 3.8) is 0 Å². The maximum Gasteiger partial charge on any atom is 0.256 e. The number of nitrogens with zero attached hydrogens (tertiary/aromatic N) is 4. The molecule has 0 aliphatic carbocycles. The zero-order chi connectivity index (χ0) is 17.6. The largest absolute Gasteiger partial charge is 0.328 e. The van der Waals surface area contributed by atoms with Crippen LogP contribution in [-0.2, 0) is 0 Å². The molecule has 3 heterocycles. The Morgan fingerprint density at radius 2 is 2.08 bits per heavy atom. The second-order valence-electron chi connectivity index (χ2n) is 6.70. The second kappa shape index (κ2) is 5.95. The number of fused-ring (bicyclic) bond motifs is 1. The lowest BCUT2D eigenvalue weighted by Crippen LogP contribution is -2.31. The highest BCUT2D eigenvalue weighted by Crippen LogP contribution is 2.32. The van der Waals surface area contributed by atoms with Crippen LogP contribution in [0.4, 0.5) is 0 Å². The standard InChI is InChI=1S/C19H21N5O/c1-11-6-4-7-14-10-15(12(2)20-17(11)14)19(25)24-9-5-8-16(24)18-21-13(3)22-23-18/h4,6-7,10,16H,5,8-9H2,1-3H3,(H,21,22,23)/t16-/m1/s1. The molecule has 1 atom stereocenters. The average Bonchev–Trinajstić information content (AvgIpc) is 3.23. The summed E-state index contributed by atoms with van der Waals surface area (Å²) in [5.74, 6) is 1.48. The first-order valence-electron chi connectivity index (χ1n) is 8.61. The maximum absolute atomic E-state index is 13.2. The van der Waals surface area contributed by atoms with Crippen molar-refractivity contribution < 1.29 is 4.79 Å². The summed E-state index contributed by atoms with van der Waals surface area (Å²) in [6.07, 6.45) is 1.85. The number of rotatable bonds is 2. The van der Waals surface area contributed by atoms with Gasteiger partial charge in [0.05, 0.1) is 22.8 Å². The Kier molecular flexibility index (Phi) is 3.75. The topological polar surface area (TPSA) is 74.8 Å². The molecule has 1 fully saturated rings. The highest BCUT2D eigenvalue weighted by Gasteiger charge is 2.34. The lowest BCUT2D eigenvalue weighted by atomic mass is 10.1. The number of hydrogen-bond acceptors (Lipinski definition) is 4. The molecule has 1 N–H and O–H groups in total. The first kappa shape index (κ1) is 15.7. The third-order valence-corrected chi connectivity index (χ3v) is 4.89. The van der Waals surface area contributed by atoms with Gasteiger partial charge in [0.25, 0.3) is 5.91 Å². The molecule has 1 saturated heterocycles. The number of aryl methyl sites for hydroxylation is 3. The quantitative estimate of drug-likeness (QED) is 0.780. The third kappa shape index (κ3) is 2.67. The number of carbonyl (C=O) groups is 1. The van der Waals surface area contributed by atoms with E-state index in [1.54, 1.807) is 0 Å². The predicted octanol–water partition coefficient (Wildman–Crippen LogP) is 3.26. The number of likely N-dealkylation sites (tertiary alicyclic amines) is 1. The van der Waals surface area contributed by atoms with E-state index in [2.05, 4.69) is 20.2 Å². The van der Waals surface area contributed by atoms with E-state index in [4.69, 9.17) is 0 Å². The van der Waals surface area contributed by atoms with Crippen molar-refractivity contribution in [3.05, 3.63) is 52.7 Å². The van der Waals surface area contributed by atoms with Gasteiger partial charge in [0, 0.05) is 11.9 Å². The summed E-state index contributed by atoms with van der Waals surface area (Å²) >= 11 is 0. The zero-order valence-corrected chi connectivity index (χ0v) is 14.7. The van der Waals surface area contributed by atoms with Gasteiger partial charge in [-0.15, -0.1) is 0 Å². The number of H-pyrrole nitrogens is 1. The van der Waals surface area contributed by atoms with Crippen molar-refractivity contribution in [3.8, 4) is 0 Å². The normalized spacial score (nSPS) is 17.4. The van der Waals surface area contributed by atoms with Crippen LogP contribution < -0.4 is 0 Å². The van der Waals surface area contributed by atoms with Crippen molar-refractivity contribution in [2.24, 2.45) is 0 Å². The zero-order valence-electron chi connectivity index (χ0n) is 14.7. The van der Waals surface area contributed by atoms with E-state index in [9.17, 15) is 4.79 Å². The first-order valence-corrected chi connectivity index (χ1v) is 8.61. The van der Waals surface area contributed by atoms with Gasteiger partial charge in [0.2, 0.25) is 0 Å². The molecule has 0 saturated carbocycles. The summed E-state index contributed by atoms with van der Waals surface area (Å²) in [4.78, 5) is 24.2. The molecule has 6 heteroatoms. The molecule has 0 radical (unpaired) electrons. The van der Waals surface area contributed by atoms with Gasteiger partial charge in [0.1, 0.15) is 5.82 Å². The number of para-hydroxylation sites is 1. The molecule has 1 aliphatic heterocycles. The lowest BCUT2D eigenvalue weighted by Gasteiger charge is -2.23. The molecular formula is C19H21N5O. The van der Waals surface area contributed by atoms with E-state index < -0.39 is 0 Å². The minimum absolute atomic E-state index is 0.0124. The van der Waals surface area contributed by atoms with E-state index in [-0.39, 0.29) is 11.9 Å². The van der Waals surface area contributed by atoms with Crippen molar-refractivity contribution >= 4 is 16.8 Å². The Hall–Kier alpha value is -2.76. The molecule has 4 rings (SSSR count). The summed E-state index contributed by atoms with van der Waals surface area (Å²) in [7, 11) is 0. The Bertz CT molecular complexity index is 962. The number of carbonyl (C=O) groups excluding carboxylic acids is 1. The molecule has 0 spiro atoms. The molecule has 1 aromatic carbocycles. The lowest BCUT2D eigenvalue weighted by molar-refractivity contribution is 0.0729. The van der Waals surface area contributed by atoms with Crippen LogP contribution in [-0.4, -0.2) is 37.5 Å². The van der Waals surface area contributed by atoms with Gasteiger partial charge >= 0.3 is 0 Å². The van der Waals surface area contributed by atoms with E-state index >= 15 is 0 Å². The van der Waals surface area contributed by atoms with E-state index in [1.807, 2.05) is 49.9 Å². The van der Waals surface area contributed by atoms with Gasteiger partial charge in [-0.2, -0.15) is 5.10 Å². The molecule has 3 aromatic rings. The minimum atomic E-state index is -0.0648. The molecule has 0 bridgehead atoms. The van der Waals surface area contributed by atoms with Gasteiger partial charge in [-0.05, 0) is 45.2 Å². The summed E-state index contributed by atoms with van der Waals surface area (Å²) in [6, 6.07) is 7.94. The van der Waals surface area contributed by atoms with Crippen LogP contribution in [0, 0.1) is 20.8 Å². The second-order valence-corrected chi connectivity index (χ2v) is 6.70. The van der Waals surface area contributed by atoms with Crippen LogP contribution in [0.2, 0.25) is 0 Å². The van der Waals surface area contributed by atoms with Crippen LogP contribution >= 0.6 is 0 Å². The van der Waals surface area contributed by atoms with E-state index in [1.165, 1.54) is 0 Å². The Morgan fingerprint density at radius 1 is 1.24 bits per heavy atom. The highest BCUT2D eigenvalue weighted by molar-refractivity contribution is 5.99. The van der Waals surface area contributed by atoms with E-state index in [0.717, 1.165) is 47.4 Å². The first-order chi connectivity index (χ1) is 12.0. The molecule has 6 nitrogen and oxygen atoms in total. The number of pyridine rings is 1. The fraction of sp³-hybridized carbons (Fsp3) is 0.368. The van der Waals surface area contributed by atoms with Crippen LogP contribution in [0.5, 0.6) is 0 Å². The third-order valence-electron chi connectivity index (χ3n) is 4.89. The van der Waals surface area contributed by atoms with Crippen LogP contribution in [0.25, 0.3) is 10.9 Å². The average molecular weight is 335 g/mol. The number of aromatic nitrogens is 4. The molecular weight excluding hydrogens is 314 g/mol. The molecule has 1 amide bonds. The molecule has 0 unspecified atom stereocenters. The van der Waals surface area contributed by atoms with Crippen LogP contribution in [0.1, 0.15) is 52.1 Å². The number of hydrogen-bond donors (Lipinski definition) is 1. The molecule has 128 valence electrons. The summed E-state index contributed by atoms with van der Waals surface area (Å²) in [5, 5.41) is 8.14. The van der Waals surface area contributed by atoms with Gasteiger partial charge in [-0.1, -0.05) is 18.2 Å². The summed E-state index contributed by atoms with van der Waals surface area (Å²) in [5.41, 5.74) is 3.51. The molecule has 25 heavy (non-hydrogen) atoms. The smallest absolute Gasteiger partial charge is 0.256 e. The highest BCUT2D eigenvalue weighted by atomic mass is 16.2. The Balaban J connectivity index is 1.73. The minimum Gasteiger partial charge on any atom is -0.328 e. The molecule has 1 aliphatic rings. The number of benzene rings is 1. The van der Waals surface area contributed by atoms with E-state index in [0.29, 0.717) is 11.4 Å². The number of nitrogens with one attached hydrogen (secondary N) is 1. The summed E-state index contributed by atoms with van der Waals surface area (Å²) in [6.45, 7) is 6.54. The fourth-order valence-corrected chi connectivity index (χ4v) is 3.60. The summed E-state index contributed by atoms with van der Waals surface area (Å²) < 4.78 is 0. The van der Waals surface area contributed by atoms with Crippen molar-refractivity contribution in [1.29, 1.82) is 0 Å². The van der Waals surface area contributed by atoms with Crippen molar-refractivity contribution in [2.75, 3.05) is 6.54 Å². The van der Waals surface area contributed by atoms with Crippen molar-refractivity contribution in [2.45, 2.75) is 39.7 Å². The predicted molar refractivity (Wildman–Crippen MR) is 95.3 cm³/mol. The fourth-order valence-electron chi connectivity index (χ4n) is 3.60. The van der Waals surface area contributed by atoms with Crippen molar-refractivity contribution in [1.82, 2.24) is 25.1 Å². The van der Waals surface area contributed by atoms with Gasteiger partial charge in [-0.3, -0.25) is 14.9 Å². The monoisotopic (exact) mass is 335 g/mol. The van der Waals surface area contributed by atoms with Crippen LogP contribution in [0.3, 0.4) is 0 Å². The Morgan fingerprint density at radius 3 is 2.84 bits per heavy atom. The number of amides is 1. The SMILES string of the molecule is Cc1nc([C@H]2CCCN2C(=O)c2cc3cccc(C)c3nc2C)n[nH]1. The van der Waals surface area contributed by atoms with Gasteiger partial charge in [0.15, 0.2) is 5.82 Å². The Labute approximate surface area is 146 Å². The number of aromatic amines is 1. The van der Waals surface area contributed by atoms with Gasteiger partial charge in [-0.25, -0.2) is 4.98 Å².